The van der Waals surface area contributed by atoms with E-state index in [1.54, 1.807) is 10.7 Å². The van der Waals surface area contributed by atoms with Crippen LogP contribution < -0.4 is 5.32 Å². The number of benzene rings is 1. The number of rotatable bonds is 4. The smallest absolute Gasteiger partial charge is 0.123 e. The molecule has 2 aromatic rings. The molecule has 0 amide bonds. The zero-order valence-corrected chi connectivity index (χ0v) is 11.7. The van der Waals surface area contributed by atoms with Crippen molar-refractivity contribution in [3.8, 4) is 5.69 Å². The Hall–Kier alpha value is -1.75. The number of hydrogen-bond donors (Lipinski definition) is 1. The summed E-state index contributed by atoms with van der Waals surface area (Å²) in [4.78, 5) is 0. The summed E-state index contributed by atoms with van der Waals surface area (Å²) in [7, 11) is 0. The molecule has 4 nitrogen and oxygen atoms in total. The molecule has 102 valence electrons. The summed E-state index contributed by atoms with van der Waals surface area (Å²) in [5, 5.41) is 11.7. The van der Waals surface area contributed by atoms with Crippen LogP contribution in [0.1, 0.15) is 36.8 Å². The molecule has 19 heavy (non-hydrogen) atoms. The van der Waals surface area contributed by atoms with Gasteiger partial charge in [-0.05, 0) is 51.1 Å². The van der Waals surface area contributed by atoms with Crippen LogP contribution in [0, 0.1) is 19.7 Å². The highest BCUT2D eigenvalue weighted by molar-refractivity contribution is 5.41. The average molecular weight is 262 g/mol. The van der Waals surface area contributed by atoms with E-state index in [0.717, 1.165) is 29.2 Å². The van der Waals surface area contributed by atoms with Gasteiger partial charge in [-0.1, -0.05) is 12.1 Å². The monoisotopic (exact) mass is 262 g/mol. The van der Waals surface area contributed by atoms with Gasteiger partial charge in [-0.15, -0.1) is 5.10 Å². The lowest BCUT2D eigenvalue weighted by Crippen LogP contribution is -2.19. The molecule has 2 rings (SSSR count). The molecule has 0 saturated carbocycles. The fraction of sp³-hybridized carbons (Fsp3) is 0.429. The Morgan fingerprint density at radius 3 is 2.74 bits per heavy atom. The number of nitrogens with zero attached hydrogens (tertiary/aromatic N) is 3. The van der Waals surface area contributed by atoms with Crippen molar-refractivity contribution in [2.24, 2.45) is 0 Å². The number of aromatic nitrogens is 3. The highest BCUT2D eigenvalue weighted by Crippen LogP contribution is 2.20. The summed E-state index contributed by atoms with van der Waals surface area (Å²) in [6, 6.07) is 4.83. The van der Waals surface area contributed by atoms with Crippen LogP contribution >= 0.6 is 0 Å². The maximum absolute atomic E-state index is 13.1. The maximum Gasteiger partial charge on any atom is 0.123 e. The second-order valence-electron chi connectivity index (χ2n) is 4.68. The number of hydrogen-bond acceptors (Lipinski definition) is 3. The molecule has 0 aliphatic heterocycles. The molecule has 1 aromatic carbocycles. The van der Waals surface area contributed by atoms with Gasteiger partial charge in [0.05, 0.1) is 17.4 Å². The highest BCUT2D eigenvalue weighted by Gasteiger charge is 2.16. The van der Waals surface area contributed by atoms with Gasteiger partial charge in [0.1, 0.15) is 11.5 Å². The van der Waals surface area contributed by atoms with Gasteiger partial charge in [-0.3, -0.25) is 0 Å². The molecule has 0 aliphatic carbocycles. The highest BCUT2D eigenvalue weighted by atomic mass is 19.1. The zero-order valence-electron chi connectivity index (χ0n) is 11.7. The van der Waals surface area contributed by atoms with Crippen LogP contribution in [0.4, 0.5) is 4.39 Å². The first-order valence-corrected chi connectivity index (χ1v) is 6.46. The van der Waals surface area contributed by atoms with Crippen LogP contribution in [0.2, 0.25) is 0 Å². The van der Waals surface area contributed by atoms with Crippen molar-refractivity contribution in [1.82, 2.24) is 20.3 Å². The quantitative estimate of drug-likeness (QED) is 0.921. The number of aryl methyl sites for hydroxylation is 1. The lowest BCUT2D eigenvalue weighted by Gasteiger charge is -2.11. The number of halogens is 1. The van der Waals surface area contributed by atoms with Crippen LogP contribution in [0.25, 0.3) is 5.69 Å². The van der Waals surface area contributed by atoms with Gasteiger partial charge in [0.25, 0.3) is 0 Å². The van der Waals surface area contributed by atoms with E-state index in [0.29, 0.717) is 0 Å². The van der Waals surface area contributed by atoms with Crippen molar-refractivity contribution in [2.45, 2.75) is 33.7 Å². The molecule has 1 N–H and O–H groups in total. The predicted octanol–water partition coefficient (Wildman–Crippen LogP) is 2.69. The average Bonchev–Trinajstić information content (AvgIpc) is 2.72. The van der Waals surface area contributed by atoms with Crippen LogP contribution in [0.15, 0.2) is 18.2 Å². The molecule has 5 heteroatoms. The second-order valence-corrected chi connectivity index (χ2v) is 4.68. The van der Waals surface area contributed by atoms with Gasteiger partial charge in [0.2, 0.25) is 0 Å². The second kappa shape index (κ2) is 5.48. The molecule has 0 spiro atoms. The standard InChI is InChI=1S/C14H19FN4/c1-5-16-10(3)14-11(4)19(18-17-14)13-7-6-12(15)8-9(13)2/h6-8,10,16H,5H2,1-4H3. The van der Waals surface area contributed by atoms with E-state index < -0.39 is 0 Å². The summed E-state index contributed by atoms with van der Waals surface area (Å²) < 4.78 is 14.9. The van der Waals surface area contributed by atoms with Crippen LogP contribution in [-0.2, 0) is 0 Å². The van der Waals surface area contributed by atoms with Gasteiger partial charge < -0.3 is 5.32 Å². The summed E-state index contributed by atoms with van der Waals surface area (Å²) in [6.45, 7) is 8.84. The summed E-state index contributed by atoms with van der Waals surface area (Å²) in [5.41, 5.74) is 3.60. The molecule has 1 aromatic heterocycles. The minimum atomic E-state index is -0.236. The van der Waals surface area contributed by atoms with Crippen molar-refractivity contribution in [1.29, 1.82) is 0 Å². The van der Waals surface area contributed by atoms with Gasteiger partial charge in [-0.25, -0.2) is 9.07 Å². The van der Waals surface area contributed by atoms with Crippen molar-refractivity contribution in [3.05, 3.63) is 41.0 Å². The van der Waals surface area contributed by atoms with Crippen LogP contribution in [-0.4, -0.2) is 21.5 Å². The first kappa shape index (κ1) is 13.7. The van der Waals surface area contributed by atoms with Crippen LogP contribution in [0.3, 0.4) is 0 Å². The predicted molar refractivity (Wildman–Crippen MR) is 72.9 cm³/mol. The summed E-state index contributed by atoms with van der Waals surface area (Å²) >= 11 is 0. The number of nitrogens with one attached hydrogen (secondary N) is 1. The molecule has 1 unspecified atom stereocenters. The molecule has 0 radical (unpaired) electrons. The Kier molecular flexibility index (Phi) is 3.95. The van der Waals surface area contributed by atoms with Gasteiger partial charge in [0.15, 0.2) is 0 Å². The van der Waals surface area contributed by atoms with Gasteiger partial charge in [-0.2, -0.15) is 0 Å². The largest absolute Gasteiger partial charge is 0.309 e. The summed E-state index contributed by atoms with van der Waals surface area (Å²) in [6.07, 6.45) is 0. The maximum atomic E-state index is 13.1. The van der Waals surface area contributed by atoms with Gasteiger partial charge in [0, 0.05) is 0 Å². The Bertz CT molecular complexity index is 577. The topological polar surface area (TPSA) is 42.7 Å². The van der Waals surface area contributed by atoms with Crippen molar-refractivity contribution >= 4 is 0 Å². The summed E-state index contributed by atoms with van der Waals surface area (Å²) in [5.74, 6) is -0.236. The van der Waals surface area contributed by atoms with Crippen molar-refractivity contribution < 1.29 is 4.39 Å². The lowest BCUT2D eigenvalue weighted by molar-refractivity contribution is 0.579. The Morgan fingerprint density at radius 1 is 1.37 bits per heavy atom. The minimum Gasteiger partial charge on any atom is -0.309 e. The SMILES string of the molecule is CCNC(C)c1nnn(-c2ccc(F)cc2C)c1C. The van der Waals surface area contributed by atoms with E-state index in [4.69, 9.17) is 0 Å². The van der Waals surface area contributed by atoms with E-state index in [2.05, 4.69) is 29.5 Å². The molecule has 0 saturated heterocycles. The Labute approximate surface area is 112 Å². The third kappa shape index (κ3) is 2.66. The fourth-order valence-electron chi connectivity index (χ4n) is 2.23. The normalized spacial score (nSPS) is 12.7. The van der Waals surface area contributed by atoms with E-state index in [1.807, 2.05) is 13.8 Å². The third-order valence-corrected chi connectivity index (χ3v) is 3.24. The Morgan fingerprint density at radius 2 is 2.11 bits per heavy atom. The molecule has 0 aliphatic rings. The fourth-order valence-corrected chi connectivity index (χ4v) is 2.23. The van der Waals surface area contributed by atoms with E-state index in [1.165, 1.54) is 12.1 Å². The molecular formula is C14H19FN4. The molecule has 1 atom stereocenters. The Balaban J connectivity index is 2.41. The molecule has 1 heterocycles. The van der Waals surface area contributed by atoms with Crippen LogP contribution in [0.5, 0.6) is 0 Å². The zero-order chi connectivity index (χ0) is 14.0. The van der Waals surface area contributed by atoms with E-state index in [9.17, 15) is 4.39 Å². The van der Waals surface area contributed by atoms with Gasteiger partial charge >= 0.3 is 0 Å². The first-order chi connectivity index (χ1) is 9.04. The molecule has 0 bridgehead atoms. The van der Waals surface area contributed by atoms with Crippen molar-refractivity contribution in [2.75, 3.05) is 6.54 Å². The van der Waals surface area contributed by atoms with E-state index >= 15 is 0 Å². The third-order valence-electron chi connectivity index (χ3n) is 3.24. The van der Waals surface area contributed by atoms with Crippen molar-refractivity contribution in [3.63, 3.8) is 0 Å². The first-order valence-electron chi connectivity index (χ1n) is 6.46. The molecular weight excluding hydrogens is 243 g/mol. The van der Waals surface area contributed by atoms with E-state index in [-0.39, 0.29) is 11.9 Å². The molecule has 0 fully saturated rings. The lowest BCUT2D eigenvalue weighted by atomic mass is 10.1. The minimum absolute atomic E-state index is 0.152.